The molecule has 19 heavy (non-hydrogen) atoms. The second-order valence-electron chi connectivity index (χ2n) is 3.97. The SMILES string of the molecule is O=C(O)Cn1ccc(NC(=O)CCc2ccoc2)n1. The maximum Gasteiger partial charge on any atom is 0.325 e. The molecule has 7 heteroatoms. The highest BCUT2D eigenvalue weighted by Crippen LogP contribution is 2.06. The first-order chi connectivity index (χ1) is 9.13. The van der Waals surface area contributed by atoms with Gasteiger partial charge >= 0.3 is 5.97 Å². The topological polar surface area (TPSA) is 97.4 Å². The first-order valence-corrected chi connectivity index (χ1v) is 5.69. The minimum Gasteiger partial charge on any atom is -0.480 e. The summed E-state index contributed by atoms with van der Waals surface area (Å²) in [5.41, 5.74) is 0.951. The predicted molar refractivity (Wildman–Crippen MR) is 65.5 cm³/mol. The van der Waals surface area contributed by atoms with Gasteiger partial charge in [-0.2, -0.15) is 5.10 Å². The summed E-state index contributed by atoms with van der Waals surface area (Å²) in [5, 5.41) is 15.1. The van der Waals surface area contributed by atoms with Gasteiger partial charge in [-0.15, -0.1) is 0 Å². The van der Waals surface area contributed by atoms with Gasteiger partial charge in [0.2, 0.25) is 5.91 Å². The summed E-state index contributed by atoms with van der Waals surface area (Å²) in [7, 11) is 0. The van der Waals surface area contributed by atoms with Crippen LogP contribution < -0.4 is 5.32 Å². The van der Waals surface area contributed by atoms with Gasteiger partial charge in [0.05, 0.1) is 12.5 Å². The van der Waals surface area contributed by atoms with E-state index in [0.29, 0.717) is 18.7 Å². The second kappa shape index (κ2) is 5.85. The zero-order chi connectivity index (χ0) is 13.7. The van der Waals surface area contributed by atoms with E-state index in [1.807, 2.05) is 0 Å². The number of nitrogens with zero attached hydrogens (tertiary/aromatic N) is 2. The molecule has 0 saturated carbocycles. The van der Waals surface area contributed by atoms with E-state index in [2.05, 4.69) is 10.4 Å². The molecule has 2 aromatic rings. The molecular formula is C12H13N3O4. The predicted octanol–water partition coefficient (Wildman–Crippen LogP) is 1.13. The number of carboxylic acid groups (broad SMARTS) is 1. The Balaban J connectivity index is 1.81. The van der Waals surface area contributed by atoms with Crippen molar-refractivity contribution in [3.63, 3.8) is 0 Å². The summed E-state index contributed by atoms with van der Waals surface area (Å²) < 4.78 is 6.15. The van der Waals surface area contributed by atoms with Crippen LogP contribution in [0.5, 0.6) is 0 Å². The van der Waals surface area contributed by atoms with E-state index in [1.165, 1.54) is 10.9 Å². The Morgan fingerprint density at radius 2 is 2.26 bits per heavy atom. The second-order valence-corrected chi connectivity index (χ2v) is 3.97. The third kappa shape index (κ3) is 3.98. The van der Waals surface area contributed by atoms with E-state index in [1.54, 1.807) is 24.7 Å². The number of carbonyl (C=O) groups is 2. The average molecular weight is 263 g/mol. The van der Waals surface area contributed by atoms with Gasteiger partial charge in [-0.25, -0.2) is 0 Å². The summed E-state index contributed by atoms with van der Waals surface area (Å²) in [4.78, 5) is 22.1. The summed E-state index contributed by atoms with van der Waals surface area (Å²) in [5.74, 6) is -0.818. The summed E-state index contributed by atoms with van der Waals surface area (Å²) in [6.45, 7) is -0.231. The number of carboxylic acids is 1. The molecule has 0 radical (unpaired) electrons. The number of carbonyl (C=O) groups excluding carboxylic acids is 1. The Bertz CT molecular complexity index is 559. The Morgan fingerprint density at radius 3 is 2.95 bits per heavy atom. The molecule has 0 spiro atoms. The average Bonchev–Trinajstić information content (AvgIpc) is 2.97. The van der Waals surface area contributed by atoms with Crippen LogP contribution in [0.25, 0.3) is 0 Å². The number of aryl methyl sites for hydroxylation is 1. The molecule has 2 rings (SSSR count). The van der Waals surface area contributed by atoms with Crippen molar-refractivity contribution in [2.45, 2.75) is 19.4 Å². The van der Waals surface area contributed by atoms with Gasteiger partial charge in [0, 0.05) is 18.7 Å². The molecule has 0 bridgehead atoms. The fourth-order valence-corrected chi connectivity index (χ4v) is 1.55. The smallest absolute Gasteiger partial charge is 0.325 e. The summed E-state index contributed by atoms with van der Waals surface area (Å²) in [6, 6.07) is 3.35. The van der Waals surface area contributed by atoms with Gasteiger partial charge in [-0.3, -0.25) is 14.3 Å². The van der Waals surface area contributed by atoms with Crippen molar-refractivity contribution in [2.24, 2.45) is 0 Å². The zero-order valence-electron chi connectivity index (χ0n) is 10.1. The van der Waals surface area contributed by atoms with Crippen LogP contribution in [0.3, 0.4) is 0 Å². The Kier molecular flexibility index (Phi) is 3.97. The number of anilines is 1. The molecule has 1 amide bonds. The van der Waals surface area contributed by atoms with Gasteiger partial charge in [-0.1, -0.05) is 0 Å². The molecule has 0 fully saturated rings. The highest BCUT2D eigenvalue weighted by molar-refractivity contribution is 5.89. The van der Waals surface area contributed by atoms with E-state index < -0.39 is 5.97 Å². The molecule has 0 atom stereocenters. The lowest BCUT2D eigenvalue weighted by atomic mass is 10.2. The molecule has 7 nitrogen and oxygen atoms in total. The molecule has 0 aromatic carbocycles. The third-order valence-corrected chi connectivity index (χ3v) is 2.43. The number of hydrogen-bond donors (Lipinski definition) is 2. The molecule has 2 N–H and O–H groups in total. The van der Waals surface area contributed by atoms with Crippen LogP contribution >= 0.6 is 0 Å². The van der Waals surface area contributed by atoms with E-state index in [4.69, 9.17) is 9.52 Å². The van der Waals surface area contributed by atoms with Crippen molar-refractivity contribution in [3.8, 4) is 0 Å². The number of aromatic nitrogens is 2. The van der Waals surface area contributed by atoms with Gasteiger partial charge in [-0.05, 0) is 18.1 Å². The van der Waals surface area contributed by atoms with Crippen molar-refractivity contribution in [3.05, 3.63) is 36.4 Å². The minimum atomic E-state index is -0.985. The number of nitrogens with one attached hydrogen (secondary N) is 1. The molecule has 2 heterocycles. The van der Waals surface area contributed by atoms with E-state index >= 15 is 0 Å². The van der Waals surface area contributed by atoms with Gasteiger partial charge in [0.15, 0.2) is 5.82 Å². The Labute approximate surface area is 108 Å². The van der Waals surface area contributed by atoms with Crippen molar-refractivity contribution in [1.82, 2.24) is 9.78 Å². The van der Waals surface area contributed by atoms with Crippen LogP contribution in [0.4, 0.5) is 5.82 Å². The zero-order valence-corrected chi connectivity index (χ0v) is 10.1. The van der Waals surface area contributed by atoms with E-state index in [9.17, 15) is 9.59 Å². The summed E-state index contributed by atoms with van der Waals surface area (Å²) in [6.07, 6.45) is 5.54. The monoisotopic (exact) mass is 263 g/mol. The number of aliphatic carboxylic acids is 1. The standard InChI is InChI=1S/C12H13N3O4/c16-11(2-1-9-4-6-19-8-9)13-10-3-5-15(14-10)7-12(17)18/h3-6,8H,1-2,7H2,(H,17,18)(H,13,14,16). The first-order valence-electron chi connectivity index (χ1n) is 5.69. The highest BCUT2D eigenvalue weighted by atomic mass is 16.4. The van der Waals surface area contributed by atoms with Gasteiger partial charge in [0.25, 0.3) is 0 Å². The Hall–Kier alpha value is -2.57. The van der Waals surface area contributed by atoms with Crippen LogP contribution in [-0.2, 0) is 22.6 Å². The Morgan fingerprint density at radius 1 is 1.42 bits per heavy atom. The lowest BCUT2D eigenvalue weighted by Gasteiger charge is -2.00. The maximum atomic E-state index is 11.6. The van der Waals surface area contributed by atoms with E-state index in [0.717, 1.165) is 5.56 Å². The molecule has 0 aliphatic carbocycles. The first kappa shape index (κ1) is 12.9. The molecule has 0 saturated heterocycles. The van der Waals surface area contributed by atoms with Gasteiger partial charge < -0.3 is 14.8 Å². The van der Waals surface area contributed by atoms with Crippen molar-refractivity contribution < 1.29 is 19.1 Å². The summed E-state index contributed by atoms with van der Waals surface area (Å²) >= 11 is 0. The molecule has 0 aliphatic heterocycles. The molecule has 0 unspecified atom stereocenters. The fraction of sp³-hybridized carbons (Fsp3) is 0.250. The number of amides is 1. The van der Waals surface area contributed by atoms with Crippen LogP contribution in [-0.4, -0.2) is 26.8 Å². The molecule has 100 valence electrons. The van der Waals surface area contributed by atoms with Crippen LogP contribution in [0, 0.1) is 0 Å². The van der Waals surface area contributed by atoms with E-state index in [-0.39, 0.29) is 12.5 Å². The van der Waals surface area contributed by atoms with Crippen LogP contribution in [0.2, 0.25) is 0 Å². The van der Waals surface area contributed by atoms with Crippen molar-refractivity contribution in [1.29, 1.82) is 0 Å². The van der Waals surface area contributed by atoms with Crippen LogP contribution in [0.1, 0.15) is 12.0 Å². The lowest BCUT2D eigenvalue weighted by molar-refractivity contribution is -0.137. The maximum absolute atomic E-state index is 11.6. The lowest BCUT2D eigenvalue weighted by Crippen LogP contribution is -2.14. The molecule has 2 aromatic heterocycles. The normalized spacial score (nSPS) is 10.3. The van der Waals surface area contributed by atoms with Gasteiger partial charge in [0.1, 0.15) is 6.54 Å². The largest absolute Gasteiger partial charge is 0.480 e. The highest BCUT2D eigenvalue weighted by Gasteiger charge is 2.07. The van der Waals surface area contributed by atoms with Crippen molar-refractivity contribution >= 4 is 17.7 Å². The molecule has 0 aliphatic rings. The number of furan rings is 1. The molecular weight excluding hydrogens is 250 g/mol. The third-order valence-electron chi connectivity index (χ3n) is 2.43. The number of hydrogen-bond acceptors (Lipinski definition) is 4. The van der Waals surface area contributed by atoms with Crippen LogP contribution in [0.15, 0.2) is 35.3 Å². The minimum absolute atomic E-state index is 0.179. The number of rotatable bonds is 6. The fourth-order valence-electron chi connectivity index (χ4n) is 1.55. The quantitative estimate of drug-likeness (QED) is 0.814. The van der Waals surface area contributed by atoms with Crippen molar-refractivity contribution in [2.75, 3.05) is 5.32 Å².